The Hall–Kier alpha value is -3.10. The fraction of sp³-hybridized carbons (Fsp3) is 0.412. The van der Waals surface area contributed by atoms with E-state index >= 15 is 0 Å². The van der Waals surface area contributed by atoms with E-state index < -0.39 is 5.97 Å². The third-order valence-electron chi connectivity index (χ3n) is 4.70. The number of ether oxygens (including phenoxy) is 2. The highest BCUT2D eigenvalue weighted by Gasteiger charge is 2.36. The second kappa shape index (κ2) is 6.32. The van der Waals surface area contributed by atoms with E-state index in [4.69, 9.17) is 14.6 Å². The summed E-state index contributed by atoms with van der Waals surface area (Å²) >= 11 is 0. The lowest BCUT2D eigenvalue weighted by Gasteiger charge is -2.32. The van der Waals surface area contributed by atoms with Crippen molar-refractivity contribution in [3.8, 4) is 17.2 Å². The molecular weight excluding hydrogens is 340 g/mol. The monoisotopic (exact) mass is 358 g/mol. The van der Waals surface area contributed by atoms with Crippen molar-refractivity contribution in [1.82, 2.24) is 20.3 Å². The summed E-state index contributed by atoms with van der Waals surface area (Å²) in [5.41, 5.74) is 1.53. The van der Waals surface area contributed by atoms with Crippen molar-refractivity contribution in [3.63, 3.8) is 0 Å². The highest BCUT2D eigenvalue weighted by molar-refractivity contribution is 5.93. The molecule has 1 aromatic carbocycles. The molecule has 9 heteroatoms. The summed E-state index contributed by atoms with van der Waals surface area (Å²) < 4.78 is 12.6. The van der Waals surface area contributed by atoms with Gasteiger partial charge in [-0.1, -0.05) is 5.21 Å². The van der Waals surface area contributed by atoms with Crippen molar-refractivity contribution < 1.29 is 24.2 Å². The molecule has 2 aliphatic rings. The van der Waals surface area contributed by atoms with Gasteiger partial charge in [-0.2, -0.15) is 0 Å². The fourth-order valence-electron chi connectivity index (χ4n) is 3.14. The Morgan fingerprint density at radius 1 is 1.23 bits per heavy atom. The van der Waals surface area contributed by atoms with Crippen LogP contribution in [0.4, 0.5) is 0 Å². The number of hydrogen-bond donors (Lipinski definition) is 2. The van der Waals surface area contributed by atoms with Gasteiger partial charge >= 0.3 is 5.97 Å². The van der Waals surface area contributed by atoms with Crippen LogP contribution in [0.25, 0.3) is 5.69 Å². The number of nitrogens with zero attached hydrogens (tertiary/aromatic N) is 3. The average molecular weight is 358 g/mol. The molecule has 0 radical (unpaired) electrons. The minimum Gasteiger partial charge on any atom is -0.486 e. The summed E-state index contributed by atoms with van der Waals surface area (Å²) in [5.74, 6) is -0.247. The van der Waals surface area contributed by atoms with Gasteiger partial charge in [0.15, 0.2) is 17.2 Å². The summed E-state index contributed by atoms with van der Waals surface area (Å²) in [5, 5.41) is 19.8. The quantitative estimate of drug-likeness (QED) is 0.835. The fourth-order valence-corrected chi connectivity index (χ4v) is 3.14. The van der Waals surface area contributed by atoms with Crippen molar-refractivity contribution >= 4 is 11.9 Å². The van der Waals surface area contributed by atoms with Gasteiger partial charge in [0.1, 0.15) is 13.2 Å². The van der Waals surface area contributed by atoms with Gasteiger partial charge in [0, 0.05) is 12.1 Å². The Labute approximate surface area is 148 Å². The molecule has 9 nitrogen and oxygen atoms in total. The SMILES string of the molecule is Cc1c(C(=O)NC2CC(C(=O)O)C2)nnn1-c1ccc2c(c1)OCCO2. The number of fused-ring (bicyclic) bond motifs is 1. The van der Waals surface area contributed by atoms with Crippen LogP contribution in [0.2, 0.25) is 0 Å². The Kier molecular flexibility index (Phi) is 3.98. The van der Waals surface area contributed by atoms with Crippen LogP contribution in [0.5, 0.6) is 11.5 Å². The Bertz CT molecular complexity index is 872. The van der Waals surface area contributed by atoms with Gasteiger partial charge in [0.2, 0.25) is 0 Å². The predicted octanol–water partition coefficient (Wildman–Crippen LogP) is 0.940. The number of rotatable bonds is 4. The number of aromatic nitrogens is 3. The Morgan fingerprint density at radius 3 is 2.69 bits per heavy atom. The molecule has 1 aliphatic heterocycles. The van der Waals surface area contributed by atoms with Crippen molar-refractivity contribution in [2.24, 2.45) is 5.92 Å². The number of amides is 1. The molecule has 2 aromatic rings. The lowest BCUT2D eigenvalue weighted by Crippen LogP contribution is -2.46. The zero-order valence-corrected chi connectivity index (χ0v) is 14.1. The average Bonchev–Trinajstić information content (AvgIpc) is 2.98. The van der Waals surface area contributed by atoms with Gasteiger partial charge in [0.05, 0.1) is 17.3 Å². The molecule has 1 aliphatic carbocycles. The van der Waals surface area contributed by atoms with E-state index in [2.05, 4.69) is 15.6 Å². The largest absolute Gasteiger partial charge is 0.486 e. The minimum atomic E-state index is -0.823. The van der Waals surface area contributed by atoms with Gasteiger partial charge in [-0.15, -0.1) is 5.10 Å². The predicted molar refractivity (Wildman–Crippen MR) is 88.7 cm³/mol. The van der Waals surface area contributed by atoms with Crippen LogP contribution in [-0.4, -0.2) is 51.2 Å². The topological polar surface area (TPSA) is 116 Å². The molecule has 0 saturated heterocycles. The lowest BCUT2D eigenvalue weighted by atomic mass is 9.80. The van der Waals surface area contributed by atoms with Gasteiger partial charge in [-0.05, 0) is 31.9 Å². The van der Waals surface area contributed by atoms with E-state index in [9.17, 15) is 9.59 Å². The Balaban J connectivity index is 1.50. The zero-order valence-electron chi connectivity index (χ0n) is 14.1. The van der Waals surface area contributed by atoms with Crippen molar-refractivity contribution in [2.45, 2.75) is 25.8 Å². The maximum absolute atomic E-state index is 12.4. The summed E-state index contributed by atoms with van der Waals surface area (Å²) in [6.45, 7) is 2.76. The van der Waals surface area contributed by atoms with E-state index in [-0.39, 0.29) is 23.6 Å². The number of carboxylic acids is 1. The van der Waals surface area contributed by atoms with Gasteiger partial charge in [-0.3, -0.25) is 9.59 Å². The number of carbonyl (C=O) groups excluding carboxylic acids is 1. The van der Waals surface area contributed by atoms with E-state index in [1.807, 2.05) is 6.07 Å². The molecular formula is C17H18N4O5. The third kappa shape index (κ3) is 2.85. The second-order valence-electron chi connectivity index (χ2n) is 6.44. The van der Waals surface area contributed by atoms with E-state index in [0.717, 1.165) is 0 Å². The number of hydrogen-bond acceptors (Lipinski definition) is 6. The Morgan fingerprint density at radius 2 is 1.96 bits per heavy atom. The molecule has 1 saturated carbocycles. The molecule has 26 heavy (non-hydrogen) atoms. The summed E-state index contributed by atoms with van der Waals surface area (Å²) in [7, 11) is 0. The number of nitrogens with one attached hydrogen (secondary N) is 1. The first kappa shape index (κ1) is 16.4. The number of carboxylic acid groups (broad SMARTS) is 1. The van der Waals surface area contributed by atoms with E-state index in [1.54, 1.807) is 23.7 Å². The normalized spacial score (nSPS) is 21.0. The van der Waals surface area contributed by atoms with Crippen LogP contribution >= 0.6 is 0 Å². The van der Waals surface area contributed by atoms with Crippen LogP contribution in [0.1, 0.15) is 29.0 Å². The summed E-state index contributed by atoms with van der Waals surface area (Å²) in [6, 6.07) is 5.27. The first-order valence-corrected chi connectivity index (χ1v) is 8.39. The zero-order chi connectivity index (χ0) is 18.3. The summed E-state index contributed by atoms with van der Waals surface area (Å²) in [4.78, 5) is 23.2. The lowest BCUT2D eigenvalue weighted by molar-refractivity contribution is -0.145. The number of carbonyl (C=O) groups is 2. The van der Waals surface area contributed by atoms with Crippen molar-refractivity contribution in [3.05, 3.63) is 29.6 Å². The van der Waals surface area contributed by atoms with Crippen molar-refractivity contribution in [2.75, 3.05) is 13.2 Å². The molecule has 2 N–H and O–H groups in total. The minimum absolute atomic E-state index is 0.137. The number of benzene rings is 1. The van der Waals surface area contributed by atoms with Gasteiger partial charge in [0.25, 0.3) is 5.91 Å². The molecule has 0 atom stereocenters. The van der Waals surface area contributed by atoms with Gasteiger partial charge < -0.3 is 19.9 Å². The first-order valence-electron chi connectivity index (χ1n) is 8.39. The van der Waals surface area contributed by atoms with Crippen LogP contribution in [0, 0.1) is 12.8 Å². The van der Waals surface area contributed by atoms with Crippen molar-refractivity contribution in [1.29, 1.82) is 0 Å². The highest BCUT2D eigenvalue weighted by Crippen LogP contribution is 2.32. The van der Waals surface area contributed by atoms with Crippen LogP contribution in [0.3, 0.4) is 0 Å². The van der Waals surface area contributed by atoms with E-state index in [0.29, 0.717) is 48.9 Å². The molecule has 0 spiro atoms. The van der Waals surface area contributed by atoms with E-state index in [1.165, 1.54) is 0 Å². The molecule has 1 aromatic heterocycles. The maximum atomic E-state index is 12.4. The molecule has 2 heterocycles. The molecule has 1 amide bonds. The smallest absolute Gasteiger partial charge is 0.306 e. The van der Waals surface area contributed by atoms with Crippen LogP contribution < -0.4 is 14.8 Å². The molecule has 0 bridgehead atoms. The number of aliphatic carboxylic acids is 1. The summed E-state index contributed by atoms with van der Waals surface area (Å²) in [6.07, 6.45) is 0.882. The standard InChI is InChI=1S/C17H18N4O5/c1-9-15(16(22)18-11-6-10(7-11)17(23)24)19-20-21(9)12-2-3-13-14(8-12)26-5-4-25-13/h2-3,8,10-11H,4-7H2,1H3,(H,18,22)(H,23,24). The third-order valence-corrected chi connectivity index (χ3v) is 4.70. The second-order valence-corrected chi connectivity index (χ2v) is 6.44. The van der Waals surface area contributed by atoms with Gasteiger partial charge in [-0.25, -0.2) is 4.68 Å². The molecule has 4 rings (SSSR count). The highest BCUT2D eigenvalue weighted by atomic mass is 16.6. The van der Waals surface area contributed by atoms with Crippen LogP contribution in [0.15, 0.2) is 18.2 Å². The van der Waals surface area contributed by atoms with Crippen LogP contribution in [-0.2, 0) is 4.79 Å². The molecule has 0 unspecified atom stereocenters. The molecule has 136 valence electrons. The maximum Gasteiger partial charge on any atom is 0.306 e. The molecule has 1 fully saturated rings. The first-order chi connectivity index (χ1) is 12.5.